The summed E-state index contributed by atoms with van der Waals surface area (Å²) in [6.45, 7) is 1.22. The monoisotopic (exact) mass is 545 g/mol. The van der Waals surface area contributed by atoms with E-state index in [0.717, 1.165) is 37.8 Å². The summed E-state index contributed by atoms with van der Waals surface area (Å²) >= 11 is 0. The third kappa shape index (κ3) is 6.49. The zero-order valence-corrected chi connectivity index (χ0v) is 21.1. The Labute approximate surface area is 213 Å². The molecule has 4 rings (SSSR count). The summed E-state index contributed by atoms with van der Waals surface area (Å²) in [5.74, 6) is -0.846. The van der Waals surface area contributed by atoms with Crippen molar-refractivity contribution in [3.8, 4) is 0 Å². The van der Waals surface area contributed by atoms with Gasteiger partial charge in [-0.25, -0.2) is 17.8 Å². The Hall–Kier alpha value is -2.54. The lowest BCUT2D eigenvalue weighted by Gasteiger charge is -2.48. The maximum Gasteiger partial charge on any atom is 0.511 e. The third-order valence-electron chi connectivity index (χ3n) is 7.74. The second kappa shape index (κ2) is 11.1. The Morgan fingerprint density at radius 3 is 2.32 bits per heavy atom. The lowest BCUT2D eigenvalue weighted by atomic mass is 9.63. The van der Waals surface area contributed by atoms with Gasteiger partial charge in [0.2, 0.25) is 5.91 Å². The number of halogens is 4. The molecule has 1 N–H and O–H groups in total. The minimum absolute atomic E-state index is 0.136. The first-order valence-electron chi connectivity index (χ1n) is 12.4. The highest BCUT2D eigenvalue weighted by Crippen LogP contribution is 2.47. The molecule has 1 saturated heterocycles. The fourth-order valence-corrected chi connectivity index (χ4v) is 6.42. The predicted molar refractivity (Wildman–Crippen MR) is 127 cm³/mol. The summed E-state index contributed by atoms with van der Waals surface area (Å²) in [6.07, 6.45) is 9.63. The van der Waals surface area contributed by atoms with Crippen LogP contribution in [0.25, 0.3) is 0 Å². The molecule has 13 heteroatoms. The van der Waals surface area contributed by atoms with Crippen molar-refractivity contribution in [2.45, 2.75) is 69.5 Å². The smallest absolute Gasteiger partial charge is 0.341 e. The Kier molecular flexibility index (Phi) is 8.22. The number of amides is 1. The van der Waals surface area contributed by atoms with Crippen LogP contribution in [0.4, 0.5) is 17.6 Å². The van der Waals surface area contributed by atoms with Crippen LogP contribution in [0, 0.1) is 17.2 Å². The van der Waals surface area contributed by atoms with Gasteiger partial charge in [-0.1, -0.05) is 31.4 Å². The van der Waals surface area contributed by atoms with E-state index >= 15 is 0 Å². The zero-order chi connectivity index (χ0) is 26.7. The van der Waals surface area contributed by atoms with Crippen molar-refractivity contribution >= 4 is 15.9 Å². The number of piperidine rings is 1. The lowest BCUT2D eigenvalue weighted by Crippen LogP contribution is -2.56. The van der Waals surface area contributed by atoms with E-state index in [9.17, 15) is 30.8 Å². The van der Waals surface area contributed by atoms with E-state index < -0.39 is 33.3 Å². The number of sulfonamides is 1. The molecular weight excluding hydrogens is 514 g/mol. The number of rotatable bonds is 8. The van der Waals surface area contributed by atoms with Crippen LogP contribution in [0.2, 0.25) is 0 Å². The zero-order valence-electron chi connectivity index (χ0n) is 20.3. The number of likely N-dealkylation sites (tertiary alicyclic amines) is 1. The van der Waals surface area contributed by atoms with Crippen LogP contribution in [0.5, 0.6) is 0 Å². The van der Waals surface area contributed by atoms with Gasteiger partial charge in [-0.3, -0.25) is 9.48 Å². The second-order valence-corrected chi connectivity index (χ2v) is 11.8. The average Bonchev–Trinajstić information content (AvgIpc) is 3.37. The fraction of sp³-hybridized carbons (Fsp3) is 0.625. The van der Waals surface area contributed by atoms with Crippen LogP contribution < -0.4 is 4.72 Å². The quantitative estimate of drug-likeness (QED) is 0.511. The number of carbonyl (C=O) groups excluding carboxylic acids is 1. The van der Waals surface area contributed by atoms with Crippen molar-refractivity contribution in [2.24, 2.45) is 11.3 Å². The molecule has 1 aromatic heterocycles. The summed E-state index contributed by atoms with van der Waals surface area (Å²) in [5.41, 5.74) is -5.36. The van der Waals surface area contributed by atoms with Gasteiger partial charge in [0.15, 0.2) is 0 Å². The summed E-state index contributed by atoms with van der Waals surface area (Å²) in [5, 5.41) is 4.26. The SMILES string of the molecule is O=C(C(Cc1ccc(F)cc1)NS(=O)(=O)C(F)(F)F)N1CCC(Cn2cncn2)(C2CCCCC2)CC1. The first-order valence-corrected chi connectivity index (χ1v) is 13.9. The first-order chi connectivity index (χ1) is 17.5. The van der Waals surface area contributed by atoms with Crippen LogP contribution in [0.1, 0.15) is 50.5 Å². The van der Waals surface area contributed by atoms with Crippen LogP contribution in [0.3, 0.4) is 0 Å². The van der Waals surface area contributed by atoms with Crippen LogP contribution in [-0.4, -0.2) is 58.6 Å². The number of nitrogens with zero attached hydrogens (tertiary/aromatic N) is 4. The van der Waals surface area contributed by atoms with Gasteiger partial charge in [-0.15, -0.1) is 0 Å². The Morgan fingerprint density at radius 1 is 1.11 bits per heavy atom. The first kappa shape index (κ1) is 27.5. The van der Waals surface area contributed by atoms with Crippen molar-refractivity contribution in [3.63, 3.8) is 0 Å². The van der Waals surface area contributed by atoms with E-state index in [2.05, 4.69) is 10.1 Å². The minimum Gasteiger partial charge on any atom is -0.341 e. The number of hydrogen-bond acceptors (Lipinski definition) is 5. The van der Waals surface area contributed by atoms with Crippen molar-refractivity contribution in [3.05, 3.63) is 48.3 Å². The highest BCUT2D eigenvalue weighted by Gasteiger charge is 2.49. The summed E-state index contributed by atoms with van der Waals surface area (Å²) in [6, 6.07) is 3.19. The number of nitrogens with one attached hydrogen (secondary N) is 1. The molecule has 0 radical (unpaired) electrons. The number of aromatic nitrogens is 3. The average molecular weight is 546 g/mol. The van der Waals surface area contributed by atoms with E-state index in [-0.39, 0.29) is 24.9 Å². The standard InChI is InChI=1S/C24H31F4N5O3S/c25-20-8-6-18(7-9-20)14-21(31-37(35,36)24(26,27)28)22(34)32-12-10-23(11-13-32,15-33-17-29-16-30-33)19-4-2-1-3-5-19/h6-9,16-17,19,21,31H,1-5,10-15H2. The van der Waals surface area contributed by atoms with Crippen molar-refractivity contribution in [2.75, 3.05) is 13.1 Å². The second-order valence-electron chi connectivity index (χ2n) is 10.1. The number of alkyl halides is 3. The van der Waals surface area contributed by atoms with E-state index in [1.165, 1.54) is 29.8 Å². The predicted octanol–water partition coefficient (Wildman–Crippen LogP) is 3.66. The van der Waals surface area contributed by atoms with Gasteiger partial charge in [0.05, 0.1) is 0 Å². The van der Waals surface area contributed by atoms with Crippen molar-refractivity contribution in [1.29, 1.82) is 0 Å². The molecular formula is C24H31F4N5O3S. The van der Waals surface area contributed by atoms with Crippen LogP contribution in [-0.2, 0) is 27.8 Å². The fourth-order valence-electron chi connectivity index (χ4n) is 5.73. The van der Waals surface area contributed by atoms with E-state index in [4.69, 9.17) is 0 Å². The third-order valence-corrected chi connectivity index (χ3v) is 8.94. The molecule has 8 nitrogen and oxygen atoms in total. The molecule has 1 aliphatic carbocycles. The molecule has 2 heterocycles. The normalized spacial score (nSPS) is 20.1. The van der Waals surface area contributed by atoms with Crippen molar-refractivity contribution < 1.29 is 30.8 Å². The van der Waals surface area contributed by atoms with Gasteiger partial charge >= 0.3 is 15.5 Å². The highest BCUT2D eigenvalue weighted by atomic mass is 32.2. The summed E-state index contributed by atoms with van der Waals surface area (Å²) < 4.78 is 79.9. The van der Waals surface area contributed by atoms with Gasteiger partial charge in [-0.2, -0.15) is 23.0 Å². The molecule has 1 amide bonds. The molecule has 1 aliphatic heterocycles. The number of carbonyl (C=O) groups is 1. The summed E-state index contributed by atoms with van der Waals surface area (Å²) in [7, 11) is -5.77. The number of benzene rings is 1. The minimum atomic E-state index is -5.77. The van der Waals surface area contributed by atoms with Crippen molar-refractivity contribution in [1.82, 2.24) is 24.4 Å². The van der Waals surface area contributed by atoms with Gasteiger partial charge in [0.25, 0.3) is 0 Å². The molecule has 1 aromatic carbocycles. The Bertz CT molecular complexity index is 1140. The summed E-state index contributed by atoms with van der Waals surface area (Å²) in [4.78, 5) is 18.9. The molecule has 1 saturated carbocycles. The Balaban J connectivity index is 1.52. The lowest BCUT2D eigenvalue weighted by molar-refractivity contribution is -0.136. The molecule has 1 atom stereocenters. The number of hydrogen-bond donors (Lipinski definition) is 1. The molecule has 37 heavy (non-hydrogen) atoms. The molecule has 2 fully saturated rings. The van der Waals surface area contributed by atoms with Gasteiger partial charge in [0.1, 0.15) is 24.5 Å². The largest absolute Gasteiger partial charge is 0.511 e. The molecule has 1 unspecified atom stereocenters. The highest BCUT2D eigenvalue weighted by molar-refractivity contribution is 7.90. The maximum atomic E-state index is 13.4. The van der Waals surface area contributed by atoms with Gasteiger partial charge < -0.3 is 4.90 Å². The van der Waals surface area contributed by atoms with Gasteiger partial charge in [0, 0.05) is 19.6 Å². The van der Waals surface area contributed by atoms with Crippen LogP contribution >= 0.6 is 0 Å². The van der Waals surface area contributed by atoms with E-state index in [1.54, 1.807) is 15.7 Å². The Morgan fingerprint density at radius 2 is 1.76 bits per heavy atom. The topological polar surface area (TPSA) is 97.2 Å². The molecule has 204 valence electrons. The molecule has 2 aliphatic rings. The van der Waals surface area contributed by atoms with E-state index in [1.807, 2.05) is 0 Å². The molecule has 0 bridgehead atoms. The maximum absolute atomic E-state index is 13.4. The molecule has 0 spiro atoms. The molecule has 2 aromatic rings. The van der Waals surface area contributed by atoms with E-state index in [0.29, 0.717) is 30.9 Å². The van der Waals surface area contributed by atoms with Gasteiger partial charge in [-0.05, 0) is 61.1 Å². The van der Waals surface area contributed by atoms with Crippen LogP contribution in [0.15, 0.2) is 36.9 Å².